The van der Waals surface area contributed by atoms with Gasteiger partial charge in [0.15, 0.2) is 0 Å². The van der Waals surface area contributed by atoms with Crippen LogP contribution in [0, 0.1) is 5.92 Å². The van der Waals surface area contributed by atoms with Gasteiger partial charge in [0.1, 0.15) is 5.82 Å². The predicted octanol–water partition coefficient (Wildman–Crippen LogP) is 0.921. The van der Waals surface area contributed by atoms with Crippen LogP contribution >= 0.6 is 0 Å². The van der Waals surface area contributed by atoms with Crippen molar-refractivity contribution in [1.29, 1.82) is 0 Å². The fraction of sp³-hybridized carbons (Fsp3) is 0.600. The molecule has 2 atom stereocenters. The lowest BCUT2D eigenvalue weighted by molar-refractivity contribution is 0.0893. The summed E-state index contributed by atoms with van der Waals surface area (Å²) in [5.74, 6) is 1.55. The quantitative estimate of drug-likeness (QED) is 0.749. The zero-order chi connectivity index (χ0) is 13.6. The standard InChI is InChI=1S/C15H20N4O/c20-14(12-4-7-18-13-11(12)3-6-17-13)19-15-5-1-2-10(15)8-16-9-15/h4,7,10,16H,1-3,5-6,8-9H2,(H,17,18)(H,19,20)/t10-,15-/m0/s1. The van der Waals surface area contributed by atoms with Gasteiger partial charge in [-0.05, 0) is 31.2 Å². The highest BCUT2D eigenvalue weighted by molar-refractivity contribution is 5.97. The van der Waals surface area contributed by atoms with Crippen molar-refractivity contribution in [1.82, 2.24) is 15.6 Å². The molecule has 0 unspecified atom stereocenters. The summed E-state index contributed by atoms with van der Waals surface area (Å²) in [5, 5.41) is 10.0. The lowest BCUT2D eigenvalue weighted by Gasteiger charge is -2.30. The predicted molar refractivity (Wildman–Crippen MR) is 76.8 cm³/mol. The van der Waals surface area contributed by atoms with E-state index in [1.54, 1.807) is 6.20 Å². The normalized spacial score (nSPS) is 30.7. The Kier molecular flexibility index (Phi) is 2.70. The monoisotopic (exact) mass is 272 g/mol. The first-order chi connectivity index (χ1) is 9.78. The first-order valence-electron chi connectivity index (χ1n) is 7.53. The van der Waals surface area contributed by atoms with Crippen molar-refractivity contribution >= 4 is 11.7 Å². The summed E-state index contributed by atoms with van der Waals surface area (Å²) in [4.78, 5) is 17.0. The molecule has 3 N–H and O–H groups in total. The molecular weight excluding hydrogens is 252 g/mol. The Balaban J connectivity index is 1.61. The van der Waals surface area contributed by atoms with E-state index in [1.807, 2.05) is 6.07 Å². The number of nitrogens with one attached hydrogen (secondary N) is 3. The van der Waals surface area contributed by atoms with E-state index in [1.165, 1.54) is 12.8 Å². The molecule has 4 rings (SSSR count). The van der Waals surface area contributed by atoms with E-state index in [-0.39, 0.29) is 11.4 Å². The third-order valence-corrected chi connectivity index (χ3v) is 5.12. The van der Waals surface area contributed by atoms with Gasteiger partial charge >= 0.3 is 0 Å². The Bertz CT molecular complexity index is 547. The van der Waals surface area contributed by atoms with Crippen LogP contribution in [-0.2, 0) is 6.42 Å². The molecule has 1 amide bonds. The number of rotatable bonds is 2. The van der Waals surface area contributed by atoms with Crippen LogP contribution < -0.4 is 16.0 Å². The van der Waals surface area contributed by atoms with Gasteiger partial charge < -0.3 is 16.0 Å². The van der Waals surface area contributed by atoms with Crippen LogP contribution in [0.5, 0.6) is 0 Å². The molecule has 2 fully saturated rings. The molecule has 5 nitrogen and oxygen atoms in total. The summed E-state index contributed by atoms with van der Waals surface area (Å²) in [5.41, 5.74) is 1.85. The Morgan fingerprint density at radius 1 is 1.50 bits per heavy atom. The Labute approximate surface area is 118 Å². The average molecular weight is 272 g/mol. The molecule has 3 aliphatic rings. The van der Waals surface area contributed by atoms with Crippen molar-refractivity contribution in [2.45, 2.75) is 31.2 Å². The largest absolute Gasteiger partial charge is 0.369 e. The Hall–Kier alpha value is -1.62. The maximum Gasteiger partial charge on any atom is 0.252 e. The second kappa shape index (κ2) is 4.45. The SMILES string of the molecule is O=C(N[C@]12CCC[C@H]1CNC2)c1ccnc2c1CCN2. The van der Waals surface area contributed by atoms with Gasteiger partial charge in [-0.15, -0.1) is 0 Å². The molecule has 0 radical (unpaired) electrons. The van der Waals surface area contributed by atoms with E-state index in [0.29, 0.717) is 5.92 Å². The van der Waals surface area contributed by atoms with Crippen LogP contribution in [0.15, 0.2) is 12.3 Å². The third-order valence-electron chi connectivity index (χ3n) is 5.12. The minimum absolute atomic E-state index is 0.0146. The molecule has 1 aromatic rings. The smallest absolute Gasteiger partial charge is 0.252 e. The Morgan fingerprint density at radius 3 is 3.40 bits per heavy atom. The molecular formula is C15H20N4O. The van der Waals surface area contributed by atoms with E-state index in [2.05, 4.69) is 20.9 Å². The molecule has 0 aromatic carbocycles. The number of fused-ring (bicyclic) bond motifs is 2. The molecule has 106 valence electrons. The summed E-state index contributed by atoms with van der Waals surface area (Å²) >= 11 is 0. The minimum Gasteiger partial charge on any atom is -0.369 e. The van der Waals surface area contributed by atoms with Gasteiger partial charge in [-0.3, -0.25) is 4.79 Å². The minimum atomic E-state index is -0.0146. The second-order valence-electron chi connectivity index (χ2n) is 6.19. The molecule has 1 saturated carbocycles. The van der Waals surface area contributed by atoms with Gasteiger partial charge in [-0.25, -0.2) is 4.98 Å². The number of anilines is 1. The number of carbonyl (C=O) groups excluding carboxylic acids is 1. The first-order valence-corrected chi connectivity index (χ1v) is 7.53. The van der Waals surface area contributed by atoms with Gasteiger partial charge in [0.05, 0.1) is 5.54 Å². The topological polar surface area (TPSA) is 66.0 Å². The highest BCUT2D eigenvalue weighted by atomic mass is 16.1. The summed E-state index contributed by atoms with van der Waals surface area (Å²) < 4.78 is 0. The van der Waals surface area contributed by atoms with Gasteiger partial charge in [0, 0.05) is 37.0 Å². The van der Waals surface area contributed by atoms with Gasteiger partial charge in [0.2, 0.25) is 0 Å². The van der Waals surface area contributed by atoms with Crippen LogP contribution in [0.4, 0.5) is 5.82 Å². The summed E-state index contributed by atoms with van der Waals surface area (Å²) in [6.45, 7) is 2.83. The fourth-order valence-electron chi connectivity index (χ4n) is 4.06. The first kappa shape index (κ1) is 12.1. The van der Waals surface area contributed by atoms with Crippen molar-refractivity contribution in [3.8, 4) is 0 Å². The molecule has 20 heavy (non-hydrogen) atoms. The van der Waals surface area contributed by atoms with E-state index in [4.69, 9.17) is 0 Å². The molecule has 1 aliphatic carbocycles. The number of nitrogens with zero attached hydrogens (tertiary/aromatic N) is 1. The number of aromatic nitrogens is 1. The number of hydrogen-bond donors (Lipinski definition) is 3. The van der Waals surface area contributed by atoms with Crippen LogP contribution in [0.1, 0.15) is 35.2 Å². The Morgan fingerprint density at radius 2 is 2.45 bits per heavy atom. The van der Waals surface area contributed by atoms with Crippen molar-refractivity contribution in [3.05, 3.63) is 23.4 Å². The number of amides is 1. The maximum atomic E-state index is 12.7. The van der Waals surface area contributed by atoms with Crippen molar-refractivity contribution in [2.24, 2.45) is 5.92 Å². The number of hydrogen-bond acceptors (Lipinski definition) is 4. The highest BCUT2D eigenvalue weighted by Gasteiger charge is 2.47. The van der Waals surface area contributed by atoms with Crippen LogP contribution in [0.2, 0.25) is 0 Å². The lowest BCUT2D eigenvalue weighted by atomic mass is 9.90. The van der Waals surface area contributed by atoms with Crippen molar-refractivity contribution < 1.29 is 4.79 Å². The summed E-state index contributed by atoms with van der Waals surface area (Å²) in [6.07, 6.45) is 6.16. The molecule has 0 spiro atoms. The van der Waals surface area contributed by atoms with E-state index in [9.17, 15) is 4.79 Å². The zero-order valence-corrected chi connectivity index (χ0v) is 11.5. The van der Waals surface area contributed by atoms with Crippen LogP contribution in [0.25, 0.3) is 0 Å². The second-order valence-corrected chi connectivity index (χ2v) is 6.19. The molecule has 1 aromatic heterocycles. The fourth-order valence-corrected chi connectivity index (χ4v) is 4.06. The van der Waals surface area contributed by atoms with Gasteiger partial charge in [0.25, 0.3) is 5.91 Å². The van der Waals surface area contributed by atoms with Crippen LogP contribution in [-0.4, -0.2) is 36.1 Å². The third kappa shape index (κ3) is 1.73. The van der Waals surface area contributed by atoms with E-state index in [0.717, 1.165) is 49.4 Å². The van der Waals surface area contributed by atoms with Gasteiger partial charge in [-0.1, -0.05) is 6.42 Å². The van der Waals surface area contributed by atoms with Crippen molar-refractivity contribution in [2.75, 3.05) is 25.0 Å². The molecule has 1 saturated heterocycles. The molecule has 2 aliphatic heterocycles. The lowest BCUT2D eigenvalue weighted by Crippen LogP contribution is -2.51. The zero-order valence-electron chi connectivity index (χ0n) is 11.5. The molecule has 3 heterocycles. The van der Waals surface area contributed by atoms with E-state index < -0.39 is 0 Å². The highest BCUT2D eigenvalue weighted by Crippen LogP contribution is 2.38. The number of pyridine rings is 1. The maximum absolute atomic E-state index is 12.7. The van der Waals surface area contributed by atoms with Gasteiger partial charge in [-0.2, -0.15) is 0 Å². The van der Waals surface area contributed by atoms with E-state index >= 15 is 0 Å². The van der Waals surface area contributed by atoms with Crippen LogP contribution in [0.3, 0.4) is 0 Å². The molecule has 0 bridgehead atoms. The number of carbonyl (C=O) groups is 1. The summed E-state index contributed by atoms with van der Waals surface area (Å²) in [7, 11) is 0. The summed E-state index contributed by atoms with van der Waals surface area (Å²) in [6, 6.07) is 1.85. The van der Waals surface area contributed by atoms with Crippen molar-refractivity contribution in [3.63, 3.8) is 0 Å². The average Bonchev–Trinajstić information content (AvgIpc) is 3.10. The molecule has 5 heteroatoms.